The van der Waals surface area contributed by atoms with Gasteiger partial charge in [0.15, 0.2) is 0 Å². The summed E-state index contributed by atoms with van der Waals surface area (Å²) in [5.74, 6) is -1.14. The zero-order valence-electron chi connectivity index (χ0n) is 15.8. The van der Waals surface area contributed by atoms with E-state index in [9.17, 15) is 14.7 Å². The van der Waals surface area contributed by atoms with E-state index in [2.05, 4.69) is 12.2 Å². The molecule has 5 heteroatoms. The smallest absolute Gasteiger partial charge is 0.326 e. The molecule has 1 aromatic carbocycles. The molecule has 0 heterocycles. The average molecular weight is 411 g/mol. The Morgan fingerprint density at radius 3 is 2.00 bits per heavy atom. The molecule has 1 atom stereocenters. The first-order valence-electron chi connectivity index (χ1n) is 9.69. The maximum Gasteiger partial charge on any atom is 0.326 e. The molecule has 0 spiro atoms. The Morgan fingerprint density at radius 2 is 1.46 bits per heavy atom. The molecule has 0 unspecified atom stereocenters. The van der Waals surface area contributed by atoms with Crippen LogP contribution in [-0.4, -0.2) is 23.0 Å². The van der Waals surface area contributed by atoms with Crippen LogP contribution in [-0.2, 0) is 33.1 Å². The second-order valence-corrected chi connectivity index (χ2v) is 6.73. The van der Waals surface area contributed by atoms with Crippen LogP contribution in [0, 0.1) is 0 Å². The maximum atomic E-state index is 12.0. The van der Waals surface area contributed by atoms with Crippen molar-refractivity contribution in [1.29, 1.82) is 0 Å². The number of carboxylic acid groups (broad SMARTS) is 1. The molecule has 0 fully saturated rings. The van der Waals surface area contributed by atoms with Gasteiger partial charge in [-0.1, -0.05) is 88.6 Å². The Kier molecular flexibility index (Phi) is 15.1. The molecule has 0 saturated heterocycles. The second-order valence-electron chi connectivity index (χ2n) is 6.73. The van der Waals surface area contributed by atoms with Gasteiger partial charge in [-0.2, -0.15) is 0 Å². The third kappa shape index (κ3) is 12.1. The summed E-state index contributed by atoms with van der Waals surface area (Å²) >= 11 is 0. The van der Waals surface area contributed by atoms with Crippen LogP contribution < -0.4 is 5.32 Å². The molecule has 0 saturated carbocycles. The van der Waals surface area contributed by atoms with Crippen molar-refractivity contribution >= 4 is 11.9 Å². The molecule has 0 aromatic heterocycles. The van der Waals surface area contributed by atoms with Crippen LogP contribution in [0.1, 0.15) is 76.7 Å². The third-order valence-corrected chi connectivity index (χ3v) is 4.42. The topological polar surface area (TPSA) is 66.4 Å². The van der Waals surface area contributed by atoms with Crippen molar-refractivity contribution in [3.05, 3.63) is 35.9 Å². The first-order valence-corrected chi connectivity index (χ1v) is 9.69. The van der Waals surface area contributed by atoms with Crippen LogP contribution in [0.5, 0.6) is 0 Å². The molecule has 0 bridgehead atoms. The Morgan fingerprint density at radius 1 is 0.923 bits per heavy atom. The Bertz CT molecular complexity index is 493. The predicted molar refractivity (Wildman–Crippen MR) is 102 cm³/mol. The second kappa shape index (κ2) is 15.9. The molecule has 0 aliphatic heterocycles. The first-order chi connectivity index (χ1) is 12.1. The molecule has 2 N–H and O–H groups in total. The number of hydrogen-bond donors (Lipinski definition) is 2. The zero-order valence-corrected chi connectivity index (χ0v) is 16.7. The predicted octanol–water partition coefficient (Wildman–Crippen LogP) is 4.72. The van der Waals surface area contributed by atoms with Gasteiger partial charge in [0.25, 0.3) is 0 Å². The molecule has 26 heavy (non-hydrogen) atoms. The van der Waals surface area contributed by atoms with Gasteiger partial charge in [0.05, 0.1) is 0 Å². The van der Waals surface area contributed by atoms with Gasteiger partial charge in [0.1, 0.15) is 6.04 Å². The van der Waals surface area contributed by atoms with E-state index in [-0.39, 0.29) is 23.0 Å². The minimum absolute atomic E-state index is 0. The SMILES string of the molecule is CCCCCCCCCCCC(=O)N[C@@H](Cc1ccccc1)C(=O)O.[Cu]. The summed E-state index contributed by atoms with van der Waals surface area (Å²) in [5, 5.41) is 12.0. The van der Waals surface area contributed by atoms with Crippen LogP contribution in [0.25, 0.3) is 0 Å². The molecule has 151 valence electrons. The van der Waals surface area contributed by atoms with Gasteiger partial charge in [-0.15, -0.1) is 0 Å². The molecule has 0 aliphatic carbocycles. The summed E-state index contributed by atoms with van der Waals surface area (Å²) in [6, 6.07) is 8.54. The molecule has 4 nitrogen and oxygen atoms in total. The van der Waals surface area contributed by atoms with E-state index in [0.29, 0.717) is 12.8 Å². The van der Waals surface area contributed by atoms with Gasteiger partial charge in [-0.3, -0.25) is 4.79 Å². The van der Waals surface area contributed by atoms with E-state index in [1.807, 2.05) is 30.3 Å². The average Bonchev–Trinajstić information content (AvgIpc) is 2.60. The van der Waals surface area contributed by atoms with Crippen LogP contribution in [0.2, 0.25) is 0 Å². The summed E-state index contributed by atoms with van der Waals surface area (Å²) in [7, 11) is 0. The fourth-order valence-corrected chi connectivity index (χ4v) is 2.91. The fourth-order valence-electron chi connectivity index (χ4n) is 2.91. The van der Waals surface area contributed by atoms with Crippen molar-refractivity contribution in [2.75, 3.05) is 0 Å². The van der Waals surface area contributed by atoms with Crippen molar-refractivity contribution in [2.45, 2.75) is 83.6 Å². The van der Waals surface area contributed by atoms with Gasteiger partial charge < -0.3 is 10.4 Å². The molecule has 1 rings (SSSR count). The Labute approximate surface area is 168 Å². The van der Waals surface area contributed by atoms with Crippen LogP contribution in [0.15, 0.2) is 30.3 Å². The van der Waals surface area contributed by atoms with Crippen LogP contribution >= 0.6 is 0 Å². The number of aliphatic carboxylic acids is 1. The third-order valence-electron chi connectivity index (χ3n) is 4.42. The minimum atomic E-state index is -0.982. The summed E-state index contributed by atoms with van der Waals surface area (Å²) in [5.41, 5.74) is 0.915. The molecule has 1 amide bonds. The fraction of sp³-hybridized carbons (Fsp3) is 0.619. The number of rotatable bonds is 14. The van der Waals surface area contributed by atoms with Crippen molar-refractivity contribution in [3.8, 4) is 0 Å². The van der Waals surface area contributed by atoms with Crippen molar-refractivity contribution in [2.24, 2.45) is 0 Å². The van der Waals surface area contributed by atoms with Crippen molar-refractivity contribution in [1.82, 2.24) is 5.32 Å². The van der Waals surface area contributed by atoms with Gasteiger partial charge in [-0.25, -0.2) is 4.79 Å². The molecular weight excluding hydrogens is 378 g/mol. The Balaban J connectivity index is 0.00000625. The van der Waals surface area contributed by atoms with E-state index in [1.54, 1.807) is 0 Å². The Hall–Kier alpha value is -1.32. The number of carbonyl (C=O) groups excluding carboxylic acids is 1. The van der Waals surface area contributed by atoms with Gasteiger partial charge in [0, 0.05) is 29.9 Å². The van der Waals surface area contributed by atoms with E-state index in [1.165, 1.54) is 38.5 Å². The quantitative estimate of drug-likeness (QED) is 0.344. The standard InChI is InChI=1S/C21H33NO3.Cu/c1-2-3-4-5-6-7-8-9-13-16-20(23)22-19(21(24)25)17-18-14-11-10-12-15-18;/h10-12,14-15,19H,2-9,13,16-17H2,1H3,(H,22,23)(H,24,25);/t19-;/m0./s1. The number of carboxylic acids is 1. The zero-order chi connectivity index (χ0) is 18.3. The van der Waals surface area contributed by atoms with E-state index >= 15 is 0 Å². The number of benzene rings is 1. The van der Waals surface area contributed by atoms with Crippen LogP contribution in [0.4, 0.5) is 0 Å². The number of unbranched alkanes of at least 4 members (excludes halogenated alkanes) is 8. The molecule has 1 aromatic rings. The van der Waals surface area contributed by atoms with Gasteiger partial charge in [0.2, 0.25) is 5.91 Å². The number of carbonyl (C=O) groups is 2. The maximum absolute atomic E-state index is 12.0. The summed E-state index contributed by atoms with van der Waals surface area (Å²) in [6.07, 6.45) is 11.5. The van der Waals surface area contributed by atoms with E-state index in [4.69, 9.17) is 0 Å². The summed E-state index contributed by atoms with van der Waals surface area (Å²) in [4.78, 5) is 23.3. The van der Waals surface area contributed by atoms with Crippen molar-refractivity contribution < 1.29 is 31.8 Å². The monoisotopic (exact) mass is 410 g/mol. The minimum Gasteiger partial charge on any atom is -0.480 e. The van der Waals surface area contributed by atoms with Crippen molar-refractivity contribution in [3.63, 3.8) is 0 Å². The number of nitrogens with one attached hydrogen (secondary N) is 1. The van der Waals surface area contributed by atoms with E-state index < -0.39 is 12.0 Å². The van der Waals surface area contributed by atoms with E-state index in [0.717, 1.165) is 24.8 Å². The molecular formula is C21H33CuNO3. The number of hydrogen-bond acceptors (Lipinski definition) is 2. The molecule has 1 radical (unpaired) electrons. The normalized spacial score (nSPS) is 11.4. The van der Waals surface area contributed by atoms with Crippen LogP contribution in [0.3, 0.4) is 0 Å². The number of amides is 1. The summed E-state index contributed by atoms with van der Waals surface area (Å²) in [6.45, 7) is 2.22. The van der Waals surface area contributed by atoms with Gasteiger partial charge >= 0.3 is 5.97 Å². The first kappa shape index (κ1) is 24.7. The van der Waals surface area contributed by atoms with Gasteiger partial charge in [-0.05, 0) is 12.0 Å². The largest absolute Gasteiger partial charge is 0.480 e. The molecule has 0 aliphatic rings. The summed E-state index contributed by atoms with van der Waals surface area (Å²) < 4.78 is 0.